The van der Waals surface area contributed by atoms with Crippen LogP contribution >= 0.6 is 0 Å². The molecule has 2 rings (SSSR count). The summed E-state index contributed by atoms with van der Waals surface area (Å²) in [5.41, 5.74) is 1.38. The topological polar surface area (TPSA) is 57.6 Å². The molecule has 2 unspecified atom stereocenters. The predicted molar refractivity (Wildman–Crippen MR) is 82.2 cm³/mol. The summed E-state index contributed by atoms with van der Waals surface area (Å²) >= 11 is 0. The molecule has 1 aromatic rings. The fourth-order valence-corrected chi connectivity index (χ4v) is 3.70. The van der Waals surface area contributed by atoms with Crippen LogP contribution in [-0.4, -0.2) is 38.0 Å². The van der Waals surface area contributed by atoms with Gasteiger partial charge in [0.2, 0.25) is 10.0 Å². The van der Waals surface area contributed by atoms with E-state index in [1.807, 2.05) is 6.92 Å². The molecule has 5 heteroatoms. The highest BCUT2D eigenvalue weighted by molar-refractivity contribution is 7.89. The highest BCUT2D eigenvalue weighted by atomic mass is 32.2. The van der Waals surface area contributed by atoms with Crippen molar-refractivity contribution in [1.82, 2.24) is 4.31 Å². The molecule has 114 valence electrons. The second-order valence-corrected chi connectivity index (χ2v) is 7.73. The minimum Gasteiger partial charge on any atom is -0.384 e. The van der Waals surface area contributed by atoms with Gasteiger partial charge in [-0.2, -0.15) is 0 Å². The average Bonchev–Trinajstić information content (AvgIpc) is 3.11. The molecule has 1 saturated carbocycles. The second-order valence-electron chi connectivity index (χ2n) is 5.72. The van der Waals surface area contributed by atoms with Crippen molar-refractivity contribution in [2.75, 3.05) is 20.2 Å². The lowest BCUT2D eigenvalue weighted by Crippen LogP contribution is -2.29. The van der Waals surface area contributed by atoms with Crippen molar-refractivity contribution < 1.29 is 13.5 Å². The Labute approximate surface area is 126 Å². The number of aliphatic hydroxyl groups excluding tert-OH is 1. The van der Waals surface area contributed by atoms with E-state index in [1.165, 1.54) is 4.31 Å². The van der Waals surface area contributed by atoms with E-state index in [2.05, 4.69) is 18.8 Å². The van der Waals surface area contributed by atoms with Crippen molar-refractivity contribution in [3.05, 3.63) is 29.3 Å². The van der Waals surface area contributed by atoms with Gasteiger partial charge in [-0.15, -0.1) is 0 Å². The van der Waals surface area contributed by atoms with Crippen LogP contribution in [-0.2, 0) is 10.0 Å². The smallest absolute Gasteiger partial charge is 0.244 e. The van der Waals surface area contributed by atoms with Crippen molar-refractivity contribution in [2.24, 2.45) is 11.8 Å². The lowest BCUT2D eigenvalue weighted by molar-refractivity contribution is 0.350. The first kappa shape index (κ1) is 16.0. The van der Waals surface area contributed by atoms with E-state index in [4.69, 9.17) is 5.11 Å². The molecule has 1 aliphatic carbocycles. The number of sulfonamides is 1. The predicted octanol–water partition coefficient (Wildman–Crippen LogP) is 1.62. The van der Waals surface area contributed by atoms with Crippen LogP contribution < -0.4 is 0 Å². The maximum absolute atomic E-state index is 12.7. The molecule has 1 fully saturated rings. The monoisotopic (exact) mass is 307 g/mol. The summed E-state index contributed by atoms with van der Waals surface area (Å²) in [7, 11) is -1.93. The van der Waals surface area contributed by atoms with Crippen LogP contribution in [0, 0.1) is 30.6 Å². The van der Waals surface area contributed by atoms with Crippen LogP contribution in [0.2, 0.25) is 0 Å². The first-order valence-corrected chi connectivity index (χ1v) is 8.47. The van der Waals surface area contributed by atoms with Crippen LogP contribution in [0.3, 0.4) is 0 Å². The van der Waals surface area contributed by atoms with E-state index in [9.17, 15) is 8.42 Å². The van der Waals surface area contributed by atoms with E-state index in [-0.39, 0.29) is 11.5 Å². The highest BCUT2D eigenvalue weighted by Gasteiger charge is 2.36. The second kappa shape index (κ2) is 6.18. The third-order valence-electron chi connectivity index (χ3n) is 3.89. The van der Waals surface area contributed by atoms with Crippen molar-refractivity contribution in [1.29, 1.82) is 0 Å². The lowest BCUT2D eigenvalue weighted by atomic mass is 10.1. The van der Waals surface area contributed by atoms with Gasteiger partial charge in [0.15, 0.2) is 0 Å². The molecule has 0 aromatic heterocycles. The Morgan fingerprint density at radius 2 is 2.10 bits per heavy atom. The SMILES string of the molecule is Cc1ccc(S(=O)(=O)N(C)CC2CC2C)c(C#CCO)c1. The molecular formula is C16H21NO3S. The number of nitrogens with zero attached hydrogens (tertiary/aromatic N) is 1. The van der Waals surface area contributed by atoms with Gasteiger partial charge in [0.25, 0.3) is 0 Å². The molecule has 0 aliphatic heterocycles. The van der Waals surface area contributed by atoms with Crippen LogP contribution in [0.25, 0.3) is 0 Å². The van der Waals surface area contributed by atoms with Crippen molar-refractivity contribution in [3.63, 3.8) is 0 Å². The van der Waals surface area contributed by atoms with Crippen LogP contribution in [0.5, 0.6) is 0 Å². The Morgan fingerprint density at radius 3 is 2.67 bits per heavy atom. The number of hydrogen-bond acceptors (Lipinski definition) is 3. The Balaban J connectivity index is 2.34. The quantitative estimate of drug-likeness (QED) is 0.860. The van der Waals surface area contributed by atoms with Gasteiger partial charge >= 0.3 is 0 Å². The Morgan fingerprint density at radius 1 is 1.43 bits per heavy atom. The van der Waals surface area contributed by atoms with Gasteiger partial charge in [-0.25, -0.2) is 12.7 Å². The molecule has 1 aromatic carbocycles. The van der Waals surface area contributed by atoms with E-state index in [1.54, 1.807) is 25.2 Å². The molecule has 21 heavy (non-hydrogen) atoms. The van der Waals surface area contributed by atoms with Gasteiger partial charge in [-0.05, 0) is 42.9 Å². The maximum Gasteiger partial charge on any atom is 0.244 e. The van der Waals surface area contributed by atoms with E-state index >= 15 is 0 Å². The Hall–Kier alpha value is -1.35. The van der Waals surface area contributed by atoms with Crippen molar-refractivity contribution in [2.45, 2.75) is 25.2 Å². The van der Waals surface area contributed by atoms with Gasteiger partial charge in [0.1, 0.15) is 6.61 Å². The van der Waals surface area contributed by atoms with Crippen LogP contribution in [0.15, 0.2) is 23.1 Å². The van der Waals surface area contributed by atoms with E-state index in [0.717, 1.165) is 12.0 Å². The minimum absolute atomic E-state index is 0.213. The number of benzene rings is 1. The van der Waals surface area contributed by atoms with Crippen molar-refractivity contribution >= 4 is 10.0 Å². The number of aryl methyl sites for hydroxylation is 1. The standard InChI is InChI=1S/C16H21NO3S/c1-12-6-7-16(14(9-12)5-4-8-18)21(19,20)17(3)11-15-10-13(15)2/h6-7,9,13,15,18H,8,10-11H2,1-3H3. The first-order chi connectivity index (χ1) is 9.86. The molecule has 0 saturated heterocycles. The first-order valence-electron chi connectivity index (χ1n) is 7.03. The zero-order valence-corrected chi connectivity index (χ0v) is 13.4. The number of rotatable bonds is 4. The fourth-order valence-electron chi connectivity index (χ4n) is 2.35. The molecule has 2 atom stereocenters. The normalized spacial score (nSPS) is 21.0. The van der Waals surface area contributed by atoms with Gasteiger partial charge in [0, 0.05) is 19.2 Å². The third-order valence-corrected chi connectivity index (χ3v) is 5.77. The zero-order valence-electron chi connectivity index (χ0n) is 12.6. The number of hydrogen-bond donors (Lipinski definition) is 1. The number of aliphatic hydroxyl groups is 1. The van der Waals surface area contributed by atoms with E-state index in [0.29, 0.717) is 23.9 Å². The van der Waals surface area contributed by atoms with Crippen LogP contribution in [0.4, 0.5) is 0 Å². The summed E-state index contributed by atoms with van der Waals surface area (Å²) in [6, 6.07) is 5.10. The molecule has 4 nitrogen and oxygen atoms in total. The molecule has 1 N–H and O–H groups in total. The van der Waals surface area contributed by atoms with Gasteiger partial charge < -0.3 is 5.11 Å². The largest absolute Gasteiger partial charge is 0.384 e. The molecule has 0 spiro atoms. The zero-order chi connectivity index (χ0) is 15.6. The van der Waals surface area contributed by atoms with Crippen LogP contribution in [0.1, 0.15) is 24.5 Å². The Bertz CT molecular complexity index is 685. The lowest BCUT2D eigenvalue weighted by Gasteiger charge is -2.18. The summed E-state index contributed by atoms with van der Waals surface area (Å²) in [4.78, 5) is 0.213. The van der Waals surface area contributed by atoms with Crippen molar-refractivity contribution in [3.8, 4) is 11.8 Å². The summed E-state index contributed by atoms with van der Waals surface area (Å²) < 4.78 is 26.8. The summed E-state index contributed by atoms with van der Waals surface area (Å²) in [5.74, 6) is 6.33. The van der Waals surface area contributed by atoms with Gasteiger partial charge in [0.05, 0.1) is 4.90 Å². The summed E-state index contributed by atoms with van der Waals surface area (Å²) in [5, 5.41) is 8.82. The summed E-state index contributed by atoms with van der Waals surface area (Å²) in [6.45, 7) is 4.28. The maximum atomic E-state index is 12.7. The summed E-state index contributed by atoms with van der Waals surface area (Å²) in [6.07, 6.45) is 1.09. The Kier molecular flexibility index (Phi) is 4.72. The molecule has 0 radical (unpaired) electrons. The average molecular weight is 307 g/mol. The van der Waals surface area contributed by atoms with Gasteiger partial charge in [-0.3, -0.25) is 0 Å². The molecule has 1 aliphatic rings. The van der Waals surface area contributed by atoms with Gasteiger partial charge in [-0.1, -0.05) is 24.8 Å². The fraction of sp³-hybridized carbons (Fsp3) is 0.500. The molecule has 0 amide bonds. The third kappa shape index (κ3) is 3.65. The van der Waals surface area contributed by atoms with E-state index < -0.39 is 10.0 Å². The highest BCUT2D eigenvalue weighted by Crippen LogP contribution is 2.38. The molecular weight excluding hydrogens is 286 g/mol. The molecule has 0 heterocycles. The minimum atomic E-state index is -3.55. The molecule has 0 bridgehead atoms.